The van der Waals surface area contributed by atoms with Crippen molar-refractivity contribution >= 4 is 17.7 Å². The van der Waals surface area contributed by atoms with E-state index in [4.69, 9.17) is 9.84 Å². The number of aliphatic carboxylic acids is 1. The summed E-state index contributed by atoms with van der Waals surface area (Å²) < 4.78 is 5.45. The van der Waals surface area contributed by atoms with Crippen molar-refractivity contribution in [2.45, 2.75) is 31.8 Å². The molecule has 0 spiro atoms. The van der Waals surface area contributed by atoms with Crippen molar-refractivity contribution in [3.8, 4) is 0 Å². The lowest BCUT2D eigenvalue weighted by atomic mass is 10.2. The molecule has 0 amide bonds. The maximum atomic E-state index is 10.2. The van der Waals surface area contributed by atoms with Gasteiger partial charge in [0.2, 0.25) is 0 Å². The van der Waals surface area contributed by atoms with Crippen molar-refractivity contribution in [2.75, 3.05) is 18.1 Å². The Hall–Kier alpha value is -0.220. The van der Waals surface area contributed by atoms with E-state index in [9.17, 15) is 4.79 Å². The zero-order chi connectivity index (χ0) is 9.52. The Morgan fingerprint density at radius 3 is 3.00 bits per heavy atom. The third-order valence-electron chi connectivity index (χ3n) is 2.07. The van der Waals surface area contributed by atoms with E-state index in [0.29, 0.717) is 6.10 Å². The lowest BCUT2D eigenvalue weighted by molar-refractivity contribution is -0.136. The number of carboxylic acid groups (broad SMARTS) is 1. The Bertz CT molecular complexity index is 155. The van der Waals surface area contributed by atoms with Crippen LogP contribution in [0.3, 0.4) is 0 Å². The van der Waals surface area contributed by atoms with Crippen molar-refractivity contribution in [1.82, 2.24) is 0 Å². The summed E-state index contributed by atoms with van der Waals surface area (Å²) in [5, 5.41) is 8.39. The van der Waals surface area contributed by atoms with Crippen LogP contribution in [0, 0.1) is 0 Å². The molecule has 1 N–H and O–H groups in total. The molecule has 13 heavy (non-hydrogen) atoms. The number of hydrogen-bond acceptors (Lipinski definition) is 3. The molecule has 0 aromatic carbocycles. The fraction of sp³-hybridized carbons (Fsp3) is 0.889. The summed E-state index contributed by atoms with van der Waals surface area (Å²) in [6, 6.07) is 0. The third-order valence-corrected chi connectivity index (χ3v) is 3.09. The first-order chi connectivity index (χ1) is 6.29. The molecule has 76 valence electrons. The van der Waals surface area contributed by atoms with E-state index >= 15 is 0 Å². The summed E-state index contributed by atoms with van der Waals surface area (Å²) in [5.41, 5.74) is 0. The van der Waals surface area contributed by atoms with Gasteiger partial charge in [0.25, 0.3) is 0 Å². The van der Waals surface area contributed by atoms with Gasteiger partial charge in [-0.25, -0.2) is 0 Å². The standard InChI is InChI=1S/C9H16O3S/c10-9(11)4-7-13-6-3-8-2-1-5-12-8/h8H,1-7H2,(H,10,11). The van der Waals surface area contributed by atoms with Gasteiger partial charge in [-0.1, -0.05) is 0 Å². The van der Waals surface area contributed by atoms with Gasteiger partial charge in [0.1, 0.15) is 0 Å². The Balaban J connectivity index is 1.86. The minimum absolute atomic E-state index is 0.274. The molecule has 1 atom stereocenters. The number of hydrogen-bond donors (Lipinski definition) is 1. The molecule has 4 heteroatoms. The molecule has 1 saturated heterocycles. The second-order valence-electron chi connectivity index (χ2n) is 3.18. The number of carbonyl (C=O) groups is 1. The number of thioether (sulfide) groups is 1. The third kappa shape index (κ3) is 5.16. The molecule has 1 heterocycles. The number of ether oxygens (including phenoxy) is 1. The van der Waals surface area contributed by atoms with Crippen molar-refractivity contribution in [3.05, 3.63) is 0 Å². The zero-order valence-corrected chi connectivity index (χ0v) is 8.52. The van der Waals surface area contributed by atoms with Crippen LogP contribution >= 0.6 is 11.8 Å². The van der Waals surface area contributed by atoms with E-state index < -0.39 is 5.97 Å². The molecule has 1 unspecified atom stereocenters. The van der Waals surface area contributed by atoms with Gasteiger partial charge >= 0.3 is 5.97 Å². The van der Waals surface area contributed by atoms with Gasteiger partial charge in [-0.15, -0.1) is 0 Å². The first kappa shape index (κ1) is 10.9. The molecular weight excluding hydrogens is 188 g/mol. The summed E-state index contributed by atoms with van der Waals surface area (Å²) in [6.07, 6.45) is 4.15. The molecular formula is C9H16O3S. The van der Waals surface area contributed by atoms with E-state index in [-0.39, 0.29) is 6.42 Å². The van der Waals surface area contributed by atoms with Crippen molar-refractivity contribution < 1.29 is 14.6 Å². The zero-order valence-electron chi connectivity index (χ0n) is 7.70. The predicted molar refractivity (Wildman–Crippen MR) is 53.2 cm³/mol. The van der Waals surface area contributed by atoms with Crippen LogP contribution in [0.1, 0.15) is 25.7 Å². The van der Waals surface area contributed by atoms with Crippen LogP contribution in [0.25, 0.3) is 0 Å². The summed E-state index contributed by atoms with van der Waals surface area (Å²) in [6.45, 7) is 0.907. The van der Waals surface area contributed by atoms with E-state index in [2.05, 4.69) is 0 Å². The topological polar surface area (TPSA) is 46.5 Å². The SMILES string of the molecule is O=C(O)CCSCCC1CCCO1. The Morgan fingerprint density at radius 2 is 2.38 bits per heavy atom. The summed E-state index contributed by atoms with van der Waals surface area (Å²) in [4.78, 5) is 10.2. The Morgan fingerprint density at radius 1 is 1.54 bits per heavy atom. The highest BCUT2D eigenvalue weighted by Crippen LogP contribution is 2.17. The second-order valence-corrected chi connectivity index (χ2v) is 4.40. The lowest BCUT2D eigenvalue weighted by Crippen LogP contribution is -2.06. The first-order valence-electron chi connectivity index (χ1n) is 4.70. The quantitative estimate of drug-likeness (QED) is 0.670. The van der Waals surface area contributed by atoms with Gasteiger partial charge in [0.15, 0.2) is 0 Å². The van der Waals surface area contributed by atoms with E-state index in [1.54, 1.807) is 11.8 Å². The molecule has 1 aliphatic rings. The van der Waals surface area contributed by atoms with Gasteiger partial charge in [0.05, 0.1) is 12.5 Å². The predicted octanol–water partition coefficient (Wildman–Crippen LogP) is 1.76. The molecule has 0 saturated carbocycles. The monoisotopic (exact) mass is 204 g/mol. The van der Waals surface area contributed by atoms with Gasteiger partial charge < -0.3 is 9.84 Å². The number of rotatable bonds is 6. The fourth-order valence-electron chi connectivity index (χ4n) is 1.35. The molecule has 3 nitrogen and oxygen atoms in total. The summed E-state index contributed by atoms with van der Waals surface area (Å²) >= 11 is 1.71. The summed E-state index contributed by atoms with van der Waals surface area (Å²) in [5.74, 6) is 1.05. The van der Waals surface area contributed by atoms with Gasteiger partial charge in [-0.05, 0) is 25.0 Å². The molecule has 0 aromatic heterocycles. The molecule has 1 rings (SSSR count). The molecule has 1 fully saturated rings. The fourth-order valence-corrected chi connectivity index (χ4v) is 2.30. The second kappa shape index (κ2) is 6.27. The van der Waals surface area contributed by atoms with Crippen LogP contribution in [0.15, 0.2) is 0 Å². The van der Waals surface area contributed by atoms with Crippen molar-refractivity contribution in [2.24, 2.45) is 0 Å². The van der Waals surface area contributed by atoms with Crippen LogP contribution in [0.4, 0.5) is 0 Å². The van der Waals surface area contributed by atoms with Gasteiger partial charge in [0, 0.05) is 12.4 Å². The number of carboxylic acids is 1. The maximum Gasteiger partial charge on any atom is 0.304 e. The molecule has 0 bridgehead atoms. The van der Waals surface area contributed by atoms with Crippen LogP contribution in [-0.2, 0) is 9.53 Å². The normalized spacial score (nSPS) is 22.0. The Kier molecular flexibility index (Phi) is 5.23. The average Bonchev–Trinajstić information content (AvgIpc) is 2.55. The smallest absolute Gasteiger partial charge is 0.304 e. The minimum atomic E-state index is -0.704. The van der Waals surface area contributed by atoms with Crippen molar-refractivity contribution in [3.63, 3.8) is 0 Å². The highest BCUT2D eigenvalue weighted by molar-refractivity contribution is 7.99. The van der Waals surface area contributed by atoms with Crippen molar-refractivity contribution in [1.29, 1.82) is 0 Å². The van der Waals surface area contributed by atoms with Crippen LogP contribution in [-0.4, -0.2) is 35.3 Å². The highest BCUT2D eigenvalue weighted by Gasteiger charge is 2.14. The first-order valence-corrected chi connectivity index (χ1v) is 5.85. The Labute approximate surface area is 82.8 Å². The van der Waals surface area contributed by atoms with Gasteiger partial charge in [-0.2, -0.15) is 11.8 Å². The molecule has 0 aliphatic carbocycles. The average molecular weight is 204 g/mol. The van der Waals surface area contributed by atoms with E-state index in [1.807, 2.05) is 0 Å². The van der Waals surface area contributed by atoms with Gasteiger partial charge in [-0.3, -0.25) is 4.79 Å². The van der Waals surface area contributed by atoms with E-state index in [0.717, 1.165) is 24.5 Å². The highest BCUT2D eigenvalue weighted by atomic mass is 32.2. The minimum Gasteiger partial charge on any atom is -0.481 e. The maximum absolute atomic E-state index is 10.2. The van der Waals surface area contributed by atoms with E-state index in [1.165, 1.54) is 12.8 Å². The van der Waals surface area contributed by atoms with Crippen LogP contribution < -0.4 is 0 Å². The summed E-state index contributed by atoms with van der Waals surface area (Å²) in [7, 11) is 0. The lowest BCUT2D eigenvalue weighted by Gasteiger charge is -2.07. The van der Waals surface area contributed by atoms with Crippen LogP contribution in [0.2, 0.25) is 0 Å². The largest absolute Gasteiger partial charge is 0.481 e. The molecule has 0 aromatic rings. The molecule has 0 radical (unpaired) electrons. The molecule has 1 aliphatic heterocycles. The van der Waals surface area contributed by atoms with Crippen LogP contribution in [0.5, 0.6) is 0 Å².